The van der Waals surface area contributed by atoms with Gasteiger partial charge in [-0.2, -0.15) is 0 Å². The highest BCUT2D eigenvalue weighted by molar-refractivity contribution is 5.82. The normalized spacial score (nSPS) is 11.7. The van der Waals surface area contributed by atoms with Gasteiger partial charge in [0.05, 0.1) is 7.11 Å². The molecule has 130 valence electrons. The molecular formula is C19H19NO5. The Hall–Kier alpha value is -3.28. The van der Waals surface area contributed by atoms with Crippen LogP contribution in [-0.2, 0) is 16.1 Å². The van der Waals surface area contributed by atoms with E-state index >= 15 is 0 Å². The molecule has 2 N–H and O–H groups in total. The third-order valence-corrected chi connectivity index (χ3v) is 3.35. The Morgan fingerprint density at radius 1 is 1.12 bits per heavy atom. The van der Waals surface area contributed by atoms with E-state index in [1.54, 1.807) is 37.5 Å². The molecule has 0 aliphatic carbocycles. The Kier molecular flexibility index (Phi) is 6.59. The van der Waals surface area contributed by atoms with Crippen molar-refractivity contribution in [1.82, 2.24) is 5.32 Å². The molecule has 0 radical (unpaired) electrons. The number of benzene rings is 2. The van der Waals surface area contributed by atoms with E-state index in [2.05, 4.69) is 5.32 Å². The number of carboxylic acid groups (broad SMARTS) is 1. The number of rotatable bonds is 7. The number of carbonyl (C=O) groups excluding carboxylic acids is 1. The van der Waals surface area contributed by atoms with Gasteiger partial charge in [-0.05, 0) is 23.3 Å². The molecule has 25 heavy (non-hydrogen) atoms. The molecule has 0 saturated carbocycles. The summed E-state index contributed by atoms with van der Waals surface area (Å²) in [5.74, 6) is -0.476. The lowest BCUT2D eigenvalue weighted by Crippen LogP contribution is -2.39. The number of methoxy groups -OCH3 is 1. The predicted molar refractivity (Wildman–Crippen MR) is 93.2 cm³/mol. The molecule has 0 heterocycles. The van der Waals surface area contributed by atoms with Gasteiger partial charge in [0, 0.05) is 0 Å². The van der Waals surface area contributed by atoms with Gasteiger partial charge in [0.1, 0.15) is 18.4 Å². The summed E-state index contributed by atoms with van der Waals surface area (Å²) in [6.07, 6.45) is 2.19. The molecule has 0 aromatic heterocycles. The van der Waals surface area contributed by atoms with E-state index in [-0.39, 0.29) is 6.61 Å². The van der Waals surface area contributed by atoms with Crippen molar-refractivity contribution in [2.24, 2.45) is 0 Å². The van der Waals surface area contributed by atoms with Gasteiger partial charge in [-0.25, -0.2) is 9.59 Å². The standard InChI is InChI=1S/C19H19NO5/c1-24-16-10-7-14(8-11-16)9-12-17(18(21)22)20-19(23)25-13-15-5-3-2-4-6-15/h2-12,17H,13H2,1H3,(H,20,23)(H,21,22)/b12-9+. The molecule has 2 aromatic rings. The summed E-state index contributed by atoms with van der Waals surface area (Å²) in [5, 5.41) is 11.5. The number of ether oxygens (including phenoxy) is 2. The van der Waals surface area contributed by atoms with Gasteiger partial charge in [-0.15, -0.1) is 0 Å². The zero-order valence-electron chi connectivity index (χ0n) is 13.7. The van der Waals surface area contributed by atoms with Crippen LogP contribution in [0.2, 0.25) is 0 Å². The van der Waals surface area contributed by atoms with Gasteiger partial charge >= 0.3 is 12.1 Å². The van der Waals surface area contributed by atoms with E-state index in [0.29, 0.717) is 5.75 Å². The van der Waals surface area contributed by atoms with Gasteiger partial charge in [0.2, 0.25) is 0 Å². The van der Waals surface area contributed by atoms with Crippen molar-refractivity contribution >= 4 is 18.1 Å². The van der Waals surface area contributed by atoms with Gasteiger partial charge in [-0.1, -0.05) is 54.6 Å². The van der Waals surface area contributed by atoms with E-state index < -0.39 is 18.1 Å². The topological polar surface area (TPSA) is 84.9 Å². The highest BCUT2D eigenvalue weighted by Crippen LogP contribution is 2.12. The Morgan fingerprint density at radius 3 is 2.40 bits per heavy atom. The van der Waals surface area contributed by atoms with E-state index in [1.165, 1.54) is 6.08 Å². The number of carboxylic acids is 1. The van der Waals surface area contributed by atoms with Crippen molar-refractivity contribution in [2.75, 3.05) is 7.11 Å². The summed E-state index contributed by atoms with van der Waals surface area (Å²) in [4.78, 5) is 23.1. The summed E-state index contributed by atoms with van der Waals surface area (Å²) in [5.41, 5.74) is 1.60. The fourth-order valence-electron chi connectivity index (χ4n) is 2.01. The molecule has 2 rings (SSSR count). The third kappa shape index (κ3) is 6.02. The van der Waals surface area contributed by atoms with Crippen molar-refractivity contribution in [2.45, 2.75) is 12.6 Å². The van der Waals surface area contributed by atoms with Crippen LogP contribution >= 0.6 is 0 Å². The minimum absolute atomic E-state index is 0.0706. The second-order valence-corrected chi connectivity index (χ2v) is 5.15. The molecule has 0 fully saturated rings. The molecule has 1 atom stereocenters. The van der Waals surface area contributed by atoms with E-state index in [0.717, 1.165) is 11.1 Å². The maximum Gasteiger partial charge on any atom is 0.408 e. The van der Waals surface area contributed by atoms with Crippen LogP contribution in [0, 0.1) is 0 Å². The predicted octanol–water partition coefficient (Wildman–Crippen LogP) is 3.09. The van der Waals surface area contributed by atoms with Crippen molar-refractivity contribution in [3.05, 3.63) is 71.8 Å². The summed E-state index contributed by atoms with van der Waals surface area (Å²) in [6, 6.07) is 15.0. The Morgan fingerprint density at radius 2 is 1.80 bits per heavy atom. The average Bonchev–Trinajstić information content (AvgIpc) is 2.64. The van der Waals surface area contributed by atoms with Crippen LogP contribution in [0.25, 0.3) is 6.08 Å². The minimum atomic E-state index is -1.19. The molecule has 1 unspecified atom stereocenters. The van der Waals surface area contributed by atoms with Crippen LogP contribution in [-0.4, -0.2) is 30.3 Å². The van der Waals surface area contributed by atoms with E-state index in [4.69, 9.17) is 9.47 Å². The average molecular weight is 341 g/mol. The van der Waals surface area contributed by atoms with Crippen molar-refractivity contribution < 1.29 is 24.2 Å². The molecular weight excluding hydrogens is 322 g/mol. The number of hydrogen-bond donors (Lipinski definition) is 2. The SMILES string of the molecule is COc1ccc(/C=C/C(NC(=O)OCc2ccccc2)C(=O)O)cc1. The Labute approximate surface area is 145 Å². The first-order valence-electron chi connectivity index (χ1n) is 7.61. The highest BCUT2D eigenvalue weighted by atomic mass is 16.5. The fourth-order valence-corrected chi connectivity index (χ4v) is 2.01. The first kappa shape index (κ1) is 18.1. The van der Waals surface area contributed by atoms with E-state index in [1.807, 2.05) is 30.3 Å². The zero-order chi connectivity index (χ0) is 18.1. The second-order valence-electron chi connectivity index (χ2n) is 5.15. The number of carbonyl (C=O) groups is 2. The minimum Gasteiger partial charge on any atom is -0.497 e. The number of aliphatic carboxylic acids is 1. The second kappa shape index (κ2) is 9.12. The largest absolute Gasteiger partial charge is 0.497 e. The molecule has 2 aromatic carbocycles. The molecule has 0 spiro atoms. The lowest BCUT2D eigenvalue weighted by atomic mass is 10.1. The monoisotopic (exact) mass is 341 g/mol. The maximum atomic E-state index is 11.8. The van der Waals surface area contributed by atoms with Crippen molar-refractivity contribution in [3.8, 4) is 5.75 Å². The summed E-state index contributed by atoms with van der Waals surface area (Å²) >= 11 is 0. The smallest absolute Gasteiger partial charge is 0.408 e. The lowest BCUT2D eigenvalue weighted by Gasteiger charge is -2.11. The quantitative estimate of drug-likeness (QED) is 0.808. The van der Waals surface area contributed by atoms with Gasteiger partial charge in [0.25, 0.3) is 0 Å². The molecule has 1 amide bonds. The first-order valence-corrected chi connectivity index (χ1v) is 7.61. The summed E-state index contributed by atoms with van der Waals surface area (Å²) in [7, 11) is 1.57. The molecule has 0 aliphatic heterocycles. The van der Waals surface area contributed by atoms with Crippen LogP contribution in [0.15, 0.2) is 60.7 Å². The Balaban J connectivity index is 1.91. The number of hydrogen-bond acceptors (Lipinski definition) is 4. The zero-order valence-corrected chi connectivity index (χ0v) is 13.7. The molecule has 6 nitrogen and oxygen atoms in total. The van der Waals surface area contributed by atoms with Crippen LogP contribution < -0.4 is 10.1 Å². The number of alkyl carbamates (subject to hydrolysis) is 1. The third-order valence-electron chi connectivity index (χ3n) is 3.35. The number of nitrogens with one attached hydrogen (secondary N) is 1. The Bertz CT molecular complexity index is 725. The van der Waals surface area contributed by atoms with Gasteiger partial charge in [-0.3, -0.25) is 0 Å². The van der Waals surface area contributed by atoms with Crippen LogP contribution in [0.3, 0.4) is 0 Å². The first-order chi connectivity index (χ1) is 12.1. The maximum absolute atomic E-state index is 11.8. The van der Waals surface area contributed by atoms with Crippen LogP contribution in [0.1, 0.15) is 11.1 Å². The van der Waals surface area contributed by atoms with Crippen molar-refractivity contribution in [1.29, 1.82) is 0 Å². The van der Waals surface area contributed by atoms with Crippen LogP contribution in [0.4, 0.5) is 4.79 Å². The molecule has 0 saturated heterocycles. The van der Waals surface area contributed by atoms with E-state index in [9.17, 15) is 14.7 Å². The summed E-state index contributed by atoms with van der Waals surface area (Å²) in [6.45, 7) is 0.0706. The lowest BCUT2D eigenvalue weighted by molar-refractivity contribution is -0.138. The number of amides is 1. The van der Waals surface area contributed by atoms with Crippen molar-refractivity contribution in [3.63, 3.8) is 0 Å². The molecule has 6 heteroatoms. The fraction of sp³-hybridized carbons (Fsp3) is 0.158. The molecule has 0 bridgehead atoms. The highest BCUT2D eigenvalue weighted by Gasteiger charge is 2.17. The molecule has 0 aliphatic rings. The van der Waals surface area contributed by atoms with Gasteiger partial charge in [0.15, 0.2) is 0 Å². The van der Waals surface area contributed by atoms with Crippen LogP contribution in [0.5, 0.6) is 5.75 Å². The van der Waals surface area contributed by atoms with Gasteiger partial charge < -0.3 is 19.9 Å². The summed E-state index contributed by atoms with van der Waals surface area (Å²) < 4.78 is 10.1.